The number of hydrogen-bond donors (Lipinski definition) is 3. The van der Waals surface area contributed by atoms with E-state index in [0.717, 1.165) is 0 Å². The van der Waals surface area contributed by atoms with E-state index >= 15 is 0 Å². The van der Waals surface area contributed by atoms with Gasteiger partial charge in [0.2, 0.25) is 11.8 Å². The van der Waals surface area contributed by atoms with Gasteiger partial charge in [0.25, 0.3) is 5.91 Å². The number of rotatable bonds is 4. The highest BCUT2D eigenvalue weighted by Gasteiger charge is 2.27. The van der Waals surface area contributed by atoms with Crippen LogP contribution < -0.4 is 16.0 Å². The fourth-order valence-electron chi connectivity index (χ4n) is 3.07. The van der Waals surface area contributed by atoms with E-state index in [9.17, 15) is 14.4 Å². The lowest BCUT2D eigenvalue weighted by Crippen LogP contribution is -2.41. The molecule has 1 aliphatic rings. The van der Waals surface area contributed by atoms with Gasteiger partial charge in [-0.1, -0.05) is 45.0 Å². The van der Waals surface area contributed by atoms with Crippen molar-refractivity contribution in [3.05, 3.63) is 59.7 Å². The monoisotopic (exact) mass is 379 g/mol. The van der Waals surface area contributed by atoms with Crippen molar-refractivity contribution >= 4 is 29.1 Å². The summed E-state index contributed by atoms with van der Waals surface area (Å²) >= 11 is 0. The summed E-state index contributed by atoms with van der Waals surface area (Å²) in [5.41, 5.74) is 2.84. The third kappa shape index (κ3) is 4.57. The van der Waals surface area contributed by atoms with Crippen molar-refractivity contribution in [2.75, 3.05) is 10.6 Å². The molecule has 6 nitrogen and oxygen atoms in total. The maximum Gasteiger partial charge on any atom is 0.254 e. The van der Waals surface area contributed by atoms with Crippen LogP contribution in [-0.2, 0) is 15.0 Å². The van der Waals surface area contributed by atoms with E-state index in [0.29, 0.717) is 16.9 Å². The molecule has 0 fully saturated rings. The number of hydrogen-bond acceptors (Lipinski definition) is 3. The molecule has 0 aliphatic carbocycles. The second-order valence-electron chi connectivity index (χ2n) is 7.98. The van der Waals surface area contributed by atoms with Crippen molar-refractivity contribution in [1.29, 1.82) is 0 Å². The van der Waals surface area contributed by atoms with E-state index in [-0.39, 0.29) is 36.0 Å². The Morgan fingerprint density at radius 1 is 1.04 bits per heavy atom. The Labute approximate surface area is 164 Å². The first kappa shape index (κ1) is 19.6. The van der Waals surface area contributed by atoms with Crippen molar-refractivity contribution in [3.8, 4) is 0 Å². The maximum atomic E-state index is 12.4. The molecule has 28 heavy (non-hydrogen) atoms. The highest BCUT2D eigenvalue weighted by Crippen LogP contribution is 2.24. The lowest BCUT2D eigenvalue weighted by Gasteiger charge is -2.19. The molecule has 1 unspecified atom stereocenters. The van der Waals surface area contributed by atoms with Crippen molar-refractivity contribution in [2.24, 2.45) is 0 Å². The minimum Gasteiger partial charge on any atom is -0.340 e. The summed E-state index contributed by atoms with van der Waals surface area (Å²) in [4.78, 5) is 36.9. The number of nitrogens with one attached hydrogen (secondary N) is 3. The summed E-state index contributed by atoms with van der Waals surface area (Å²) in [6.45, 7) is 6.39. The van der Waals surface area contributed by atoms with Gasteiger partial charge in [-0.15, -0.1) is 0 Å². The van der Waals surface area contributed by atoms with Crippen LogP contribution in [0.3, 0.4) is 0 Å². The first-order valence-electron chi connectivity index (χ1n) is 9.35. The second kappa shape index (κ2) is 7.84. The van der Waals surface area contributed by atoms with Crippen LogP contribution in [0.5, 0.6) is 0 Å². The van der Waals surface area contributed by atoms with Crippen molar-refractivity contribution in [3.63, 3.8) is 0 Å². The molecule has 1 atom stereocenters. The Morgan fingerprint density at radius 2 is 1.71 bits per heavy atom. The lowest BCUT2D eigenvalue weighted by atomic mass is 9.87. The Hall–Kier alpha value is -3.15. The van der Waals surface area contributed by atoms with Crippen LogP contribution in [0, 0.1) is 0 Å². The molecule has 0 aromatic heterocycles. The van der Waals surface area contributed by atoms with Gasteiger partial charge in [-0.3, -0.25) is 14.4 Å². The van der Waals surface area contributed by atoms with Crippen LogP contribution in [0.25, 0.3) is 0 Å². The van der Waals surface area contributed by atoms with Gasteiger partial charge >= 0.3 is 0 Å². The molecule has 146 valence electrons. The van der Waals surface area contributed by atoms with Crippen molar-refractivity contribution in [1.82, 2.24) is 5.32 Å². The molecular weight excluding hydrogens is 354 g/mol. The van der Waals surface area contributed by atoms with Crippen LogP contribution in [0.4, 0.5) is 11.4 Å². The quantitative estimate of drug-likeness (QED) is 0.760. The molecular formula is C22H25N3O3. The van der Waals surface area contributed by atoms with E-state index in [1.54, 1.807) is 24.3 Å². The molecule has 0 saturated heterocycles. The molecule has 2 aromatic rings. The van der Waals surface area contributed by atoms with Gasteiger partial charge in [0.15, 0.2) is 0 Å². The van der Waals surface area contributed by atoms with Gasteiger partial charge < -0.3 is 16.0 Å². The standard InChI is InChI=1S/C22H25N3O3/c1-22(2,3)14-8-10-15(11-9-14)23-19(26)13-12-18-21(28)24-17-7-5-4-6-16(17)20(27)25-18/h4-11,18H,12-13H2,1-3H3,(H,23,26)(H,24,28)(H,25,27). The Morgan fingerprint density at radius 3 is 2.39 bits per heavy atom. The summed E-state index contributed by atoms with van der Waals surface area (Å²) in [6.07, 6.45) is 0.340. The van der Waals surface area contributed by atoms with Crippen LogP contribution >= 0.6 is 0 Å². The van der Waals surface area contributed by atoms with Gasteiger partial charge in [0.1, 0.15) is 6.04 Å². The molecule has 2 aromatic carbocycles. The molecule has 0 bridgehead atoms. The van der Waals surface area contributed by atoms with Crippen LogP contribution in [0.1, 0.15) is 49.5 Å². The van der Waals surface area contributed by atoms with Gasteiger partial charge in [-0.2, -0.15) is 0 Å². The van der Waals surface area contributed by atoms with Crippen LogP contribution in [0.2, 0.25) is 0 Å². The molecule has 3 amide bonds. The average Bonchev–Trinajstić information content (AvgIpc) is 2.76. The van der Waals surface area contributed by atoms with E-state index in [1.165, 1.54) is 5.56 Å². The predicted octanol–water partition coefficient (Wildman–Crippen LogP) is 3.45. The molecule has 3 N–H and O–H groups in total. The first-order chi connectivity index (χ1) is 13.2. The van der Waals surface area contributed by atoms with E-state index in [4.69, 9.17) is 0 Å². The Kier molecular flexibility index (Phi) is 5.49. The second-order valence-corrected chi connectivity index (χ2v) is 7.98. The number of carbonyl (C=O) groups is 3. The zero-order valence-electron chi connectivity index (χ0n) is 16.3. The molecule has 6 heteroatoms. The zero-order valence-corrected chi connectivity index (χ0v) is 16.3. The molecule has 1 heterocycles. The number of amides is 3. The normalized spacial score (nSPS) is 16.5. The molecule has 3 rings (SSSR count). The lowest BCUT2D eigenvalue weighted by molar-refractivity contribution is -0.118. The van der Waals surface area contributed by atoms with Gasteiger partial charge in [-0.25, -0.2) is 0 Å². The average molecular weight is 379 g/mol. The number of anilines is 2. The molecule has 1 aliphatic heterocycles. The topological polar surface area (TPSA) is 87.3 Å². The maximum absolute atomic E-state index is 12.4. The Balaban J connectivity index is 1.57. The molecule has 0 saturated carbocycles. The van der Waals surface area contributed by atoms with Gasteiger partial charge in [-0.05, 0) is 41.7 Å². The highest BCUT2D eigenvalue weighted by atomic mass is 16.2. The summed E-state index contributed by atoms with van der Waals surface area (Å²) in [6, 6.07) is 13.8. The molecule has 0 spiro atoms. The van der Waals surface area contributed by atoms with Crippen molar-refractivity contribution in [2.45, 2.75) is 45.1 Å². The van der Waals surface area contributed by atoms with Gasteiger partial charge in [0.05, 0.1) is 11.3 Å². The summed E-state index contributed by atoms with van der Waals surface area (Å²) in [5, 5.41) is 8.28. The fourth-order valence-corrected chi connectivity index (χ4v) is 3.07. The fraction of sp³-hybridized carbons (Fsp3) is 0.318. The highest BCUT2D eigenvalue weighted by molar-refractivity contribution is 6.09. The minimum atomic E-state index is -0.756. The SMILES string of the molecule is CC(C)(C)c1ccc(NC(=O)CCC2NC(=O)c3ccccc3NC2=O)cc1. The first-order valence-corrected chi connectivity index (χ1v) is 9.35. The number of fused-ring (bicyclic) bond motifs is 1. The van der Waals surface area contributed by atoms with E-state index < -0.39 is 6.04 Å². The number of para-hydroxylation sites is 1. The van der Waals surface area contributed by atoms with E-state index in [2.05, 4.69) is 36.7 Å². The third-order valence-corrected chi connectivity index (χ3v) is 4.75. The van der Waals surface area contributed by atoms with Crippen molar-refractivity contribution < 1.29 is 14.4 Å². The number of carbonyl (C=O) groups excluding carboxylic acids is 3. The predicted molar refractivity (Wildman–Crippen MR) is 109 cm³/mol. The van der Waals surface area contributed by atoms with Crippen LogP contribution in [-0.4, -0.2) is 23.8 Å². The molecule has 0 radical (unpaired) electrons. The smallest absolute Gasteiger partial charge is 0.254 e. The van der Waals surface area contributed by atoms with Gasteiger partial charge in [0, 0.05) is 12.1 Å². The minimum absolute atomic E-state index is 0.0468. The summed E-state index contributed by atoms with van der Waals surface area (Å²) in [7, 11) is 0. The summed E-state index contributed by atoms with van der Waals surface area (Å²) < 4.78 is 0. The largest absolute Gasteiger partial charge is 0.340 e. The third-order valence-electron chi connectivity index (χ3n) is 4.75. The Bertz CT molecular complexity index is 898. The van der Waals surface area contributed by atoms with Crippen LogP contribution in [0.15, 0.2) is 48.5 Å². The number of benzene rings is 2. The zero-order chi connectivity index (χ0) is 20.3. The van der Waals surface area contributed by atoms with E-state index in [1.807, 2.05) is 24.3 Å². The summed E-state index contributed by atoms with van der Waals surface area (Å²) in [5.74, 6) is -0.843.